The Morgan fingerprint density at radius 2 is 2.12 bits per heavy atom. The number of Topliss-reactive ketones (excluding diaryl/α,β-unsaturated/α-hetero) is 1. The van der Waals surface area contributed by atoms with E-state index >= 15 is 0 Å². The number of amides is 2. The van der Waals surface area contributed by atoms with Crippen molar-refractivity contribution in [2.75, 3.05) is 11.4 Å². The topological polar surface area (TPSA) is 128 Å². The maximum absolute atomic E-state index is 13.4. The minimum absolute atomic E-state index is 0.00744. The molecule has 3 aromatic heterocycles. The summed E-state index contributed by atoms with van der Waals surface area (Å²) in [5, 5.41) is 6.85. The number of thiazole rings is 1. The van der Waals surface area contributed by atoms with E-state index in [0.717, 1.165) is 4.88 Å². The molecule has 1 unspecified atom stereocenters. The van der Waals surface area contributed by atoms with Gasteiger partial charge in [-0.15, -0.1) is 11.3 Å². The molecular weight excluding hydrogens is 470 g/mol. The number of pyridine rings is 1. The van der Waals surface area contributed by atoms with Crippen LogP contribution >= 0.6 is 22.9 Å². The van der Waals surface area contributed by atoms with Gasteiger partial charge in [0.1, 0.15) is 16.0 Å². The zero-order valence-corrected chi connectivity index (χ0v) is 19.2. The summed E-state index contributed by atoms with van der Waals surface area (Å²) in [7, 11) is 0. The van der Waals surface area contributed by atoms with Crippen LogP contribution in [0, 0.1) is 5.41 Å². The largest absolute Gasteiger partial charge is 0.372 e. The highest BCUT2D eigenvalue weighted by Crippen LogP contribution is 2.51. The molecule has 2 fully saturated rings. The number of anilines is 1. The summed E-state index contributed by atoms with van der Waals surface area (Å²) in [4.78, 5) is 50.2. The number of nitrogens with zero attached hydrogens (tertiary/aromatic N) is 4. The lowest BCUT2D eigenvalue weighted by atomic mass is 9.64. The summed E-state index contributed by atoms with van der Waals surface area (Å²) >= 11 is 8.25. The number of nitrogens with one attached hydrogen (secondary N) is 1. The van der Waals surface area contributed by atoms with Crippen molar-refractivity contribution >= 4 is 57.3 Å². The average Bonchev–Trinajstić information content (AvgIpc) is 3.41. The molecule has 0 bridgehead atoms. The van der Waals surface area contributed by atoms with E-state index in [0.29, 0.717) is 39.7 Å². The number of imide groups is 1. The lowest BCUT2D eigenvalue weighted by molar-refractivity contribution is -0.158. The Labute approximate surface area is 196 Å². The van der Waals surface area contributed by atoms with E-state index in [4.69, 9.17) is 25.8 Å². The van der Waals surface area contributed by atoms with Gasteiger partial charge in [-0.2, -0.15) is 0 Å². The molecule has 0 radical (unpaired) electrons. The Hall–Kier alpha value is -2.89. The first-order valence-corrected chi connectivity index (χ1v) is 11.7. The molecule has 6 heterocycles. The van der Waals surface area contributed by atoms with Gasteiger partial charge in [-0.25, -0.2) is 4.98 Å². The van der Waals surface area contributed by atoms with E-state index in [1.807, 2.05) is 18.7 Å². The fourth-order valence-corrected chi connectivity index (χ4v) is 6.39. The molecule has 1 N–H and O–H groups in total. The van der Waals surface area contributed by atoms with Crippen molar-refractivity contribution in [1.82, 2.24) is 20.4 Å². The maximum Gasteiger partial charge on any atom is 0.242 e. The summed E-state index contributed by atoms with van der Waals surface area (Å²) in [5.41, 5.74) is 2.50. The van der Waals surface area contributed by atoms with Gasteiger partial charge in [0.25, 0.3) is 0 Å². The lowest BCUT2D eigenvalue weighted by Gasteiger charge is -2.55. The molecule has 3 aliphatic rings. The minimum Gasteiger partial charge on any atom is -0.372 e. The first-order valence-electron chi connectivity index (χ1n) is 10.5. The Kier molecular flexibility index (Phi) is 4.42. The van der Waals surface area contributed by atoms with E-state index < -0.39 is 35.2 Å². The normalized spacial score (nSPS) is 29.4. The first-order chi connectivity index (χ1) is 15.8. The minimum atomic E-state index is -1.52. The van der Waals surface area contributed by atoms with Gasteiger partial charge in [0.2, 0.25) is 17.4 Å². The van der Waals surface area contributed by atoms with Gasteiger partial charge in [-0.1, -0.05) is 16.8 Å². The molecule has 2 saturated heterocycles. The Balaban J connectivity index is 1.61. The highest BCUT2D eigenvalue weighted by molar-refractivity contribution is 7.13. The number of ketones is 1. The van der Waals surface area contributed by atoms with E-state index in [9.17, 15) is 14.4 Å². The second-order valence-corrected chi connectivity index (χ2v) is 9.93. The fraction of sp³-hybridized carbons (Fsp3) is 0.429. The van der Waals surface area contributed by atoms with Crippen LogP contribution in [-0.4, -0.2) is 57.5 Å². The Bertz CT molecular complexity index is 1320. The van der Waals surface area contributed by atoms with Crippen LogP contribution < -0.4 is 10.2 Å². The number of piperidine rings is 1. The third-order valence-corrected chi connectivity index (χ3v) is 7.79. The molecule has 170 valence electrons. The number of aromatic nitrogens is 3. The van der Waals surface area contributed by atoms with Crippen LogP contribution in [0.4, 0.5) is 5.69 Å². The number of carbonyl (C=O) groups excluding carboxylic acids is 3. The van der Waals surface area contributed by atoms with Crippen LogP contribution in [0.3, 0.4) is 0 Å². The van der Waals surface area contributed by atoms with Gasteiger partial charge in [-0.3, -0.25) is 24.7 Å². The maximum atomic E-state index is 13.4. The fourth-order valence-electron chi connectivity index (χ4n) is 5.45. The van der Waals surface area contributed by atoms with Crippen LogP contribution in [0.15, 0.2) is 16.2 Å². The van der Waals surface area contributed by atoms with Crippen molar-refractivity contribution in [1.29, 1.82) is 0 Å². The molecule has 10 nitrogen and oxygen atoms in total. The monoisotopic (exact) mass is 487 g/mol. The molecular formula is C21H18ClN5O5S. The summed E-state index contributed by atoms with van der Waals surface area (Å²) in [5.74, 6) is -1.66. The number of ether oxygens (including phenoxy) is 1. The van der Waals surface area contributed by atoms with E-state index in [2.05, 4.69) is 15.5 Å². The standard InChI is InChI=1S/C21H18ClN5O5S/c1-8-6-27-17-10(24-16-15(11-5-23-7-33-11)26-32-18(16)14(17)22)4-21(19(27)9(2)31-8)12(28)3-13(29)25-20(21)30/h5,7-9,19H,3-4,6H2,1-2H3,(H,25,29,30)/t8-,9+,19-,21?/m1/s1. The van der Waals surface area contributed by atoms with E-state index in [-0.39, 0.29) is 18.9 Å². The number of carbonyl (C=O) groups is 3. The molecule has 6 rings (SSSR count). The molecule has 33 heavy (non-hydrogen) atoms. The van der Waals surface area contributed by atoms with Gasteiger partial charge >= 0.3 is 0 Å². The van der Waals surface area contributed by atoms with Crippen molar-refractivity contribution < 1.29 is 23.6 Å². The van der Waals surface area contributed by atoms with Gasteiger partial charge in [0, 0.05) is 19.2 Å². The second kappa shape index (κ2) is 7.05. The molecule has 0 saturated carbocycles. The zero-order valence-electron chi connectivity index (χ0n) is 17.6. The summed E-state index contributed by atoms with van der Waals surface area (Å²) in [6.07, 6.45) is 0.620. The molecule has 0 aromatic carbocycles. The summed E-state index contributed by atoms with van der Waals surface area (Å²) < 4.78 is 11.6. The molecule has 2 amide bonds. The molecule has 3 aromatic rings. The van der Waals surface area contributed by atoms with E-state index in [1.54, 1.807) is 11.7 Å². The van der Waals surface area contributed by atoms with Crippen LogP contribution in [0.5, 0.6) is 0 Å². The summed E-state index contributed by atoms with van der Waals surface area (Å²) in [6, 6.07) is -0.651. The average molecular weight is 488 g/mol. The van der Waals surface area contributed by atoms with Crippen molar-refractivity contribution in [2.45, 2.75) is 44.9 Å². The number of fused-ring (bicyclic) bond motifs is 5. The van der Waals surface area contributed by atoms with E-state index in [1.165, 1.54) is 11.3 Å². The number of hydrogen-bond donors (Lipinski definition) is 1. The Morgan fingerprint density at radius 1 is 1.30 bits per heavy atom. The third kappa shape index (κ3) is 2.76. The van der Waals surface area contributed by atoms with Crippen LogP contribution in [-0.2, 0) is 25.5 Å². The van der Waals surface area contributed by atoms with Crippen molar-refractivity contribution in [3.63, 3.8) is 0 Å². The molecule has 4 atom stereocenters. The molecule has 12 heteroatoms. The number of morpholine rings is 1. The van der Waals surface area contributed by atoms with Gasteiger partial charge in [-0.05, 0) is 13.8 Å². The lowest BCUT2D eigenvalue weighted by Crippen LogP contribution is -2.72. The van der Waals surface area contributed by atoms with Gasteiger partial charge in [0.05, 0.1) is 46.4 Å². The predicted octanol–water partition coefficient (Wildman–Crippen LogP) is 2.14. The second-order valence-electron chi connectivity index (χ2n) is 8.67. The molecule has 3 aliphatic heterocycles. The first kappa shape index (κ1) is 20.7. The SMILES string of the molecule is C[C@@H]1CN2c3c(nc4c(-c5cncs5)noc4c3Cl)CC3(C(=O)CC(=O)NC3=O)[C@H]2[C@H](C)O1. The number of hydrogen-bond acceptors (Lipinski definition) is 10. The smallest absolute Gasteiger partial charge is 0.242 e. The third-order valence-electron chi connectivity index (χ3n) is 6.66. The van der Waals surface area contributed by atoms with Crippen LogP contribution in [0.2, 0.25) is 5.02 Å². The Morgan fingerprint density at radius 3 is 2.85 bits per heavy atom. The van der Waals surface area contributed by atoms with Crippen molar-refractivity contribution in [3.05, 3.63) is 22.4 Å². The van der Waals surface area contributed by atoms with Crippen molar-refractivity contribution in [2.24, 2.45) is 5.41 Å². The quantitative estimate of drug-likeness (QED) is 0.405. The van der Waals surface area contributed by atoms with Crippen molar-refractivity contribution in [3.8, 4) is 10.6 Å². The van der Waals surface area contributed by atoms with Crippen LogP contribution in [0.25, 0.3) is 21.7 Å². The molecule has 0 aliphatic carbocycles. The van der Waals surface area contributed by atoms with Gasteiger partial charge in [0.15, 0.2) is 11.5 Å². The zero-order chi connectivity index (χ0) is 23.1. The molecule has 1 spiro atoms. The predicted molar refractivity (Wildman–Crippen MR) is 118 cm³/mol. The number of halogens is 1. The number of rotatable bonds is 1. The highest BCUT2D eigenvalue weighted by Gasteiger charge is 2.63. The van der Waals surface area contributed by atoms with Gasteiger partial charge < -0.3 is 14.2 Å². The van der Waals surface area contributed by atoms with Crippen LogP contribution in [0.1, 0.15) is 26.0 Å². The highest BCUT2D eigenvalue weighted by atomic mass is 35.5. The summed E-state index contributed by atoms with van der Waals surface area (Å²) in [6.45, 7) is 4.13.